The van der Waals surface area contributed by atoms with Crippen LogP contribution < -0.4 is 15.5 Å². The van der Waals surface area contributed by atoms with Crippen molar-refractivity contribution in [3.63, 3.8) is 0 Å². The van der Waals surface area contributed by atoms with E-state index in [1.807, 2.05) is 12.1 Å². The third-order valence-electron chi connectivity index (χ3n) is 4.88. The predicted octanol–water partition coefficient (Wildman–Crippen LogP) is 2.98. The van der Waals surface area contributed by atoms with Gasteiger partial charge in [0.1, 0.15) is 5.82 Å². The van der Waals surface area contributed by atoms with Crippen LogP contribution in [0.1, 0.15) is 5.56 Å². The fraction of sp³-hybridized carbons (Fsp3) is 0.250. The van der Waals surface area contributed by atoms with E-state index in [-0.39, 0.29) is 11.7 Å². The third-order valence-corrected chi connectivity index (χ3v) is 4.88. The van der Waals surface area contributed by atoms with Crippen LogP contribution in [0.15, 0.2) is 48.7 Å². The van der Waals surface area contributed by atoms with Gasteiger partial charge in [-0.2, -0.15) is 0 Å². The molecule has 134 valence electrons. The lowest BCUT2D eigenvalue weighted by Crippen LogP contribution is -2.44. The van der Waals surface area contributed by atoms with Crippen molar-refractivity contribution < 1.29 is 9.18 Å². The first-order valence-electron chi connectivity index (χ1n) is 8.72. The molecular weight excluding hydrogens is 331 g/mol. The van der Waals surface area contributed by atoms with Crippen LogP contribution in [-0.4, -0.2) is 44.0 Å². The molecule has 2 aliphatic rings. The smallest absolute Gasteiger partial charge is 0.257 e. The minimum atomic E-state index is -0.359. The van der Waals surface area contributed by atoms with Gasteiger partial charge in [0.2, 0.25) is 0 Å². The second kappa shape index (κ2) is 6.80. The minimum Gasteiger partial charge on any atom is -0.369 e. The Kier molecular flexibility index (Phi) is 4.34. The van der Waals surface area contributed by atoms with Crippen LogP contribution in [0.5, 0.6) is 0 Å². The van der Waals surface area contributed by atoms with E-state index in [1.165, 1.54) is 17.8 Å². The van der Waals surface area contributed by atoms with Crippen LogP contribution in [0.4, 0.5) is 21.5 Å². The maximum absolute atomic E-state index is 13.5. The average Bonchev–Trinajstić information content (AvgIpc) is 2.96. The molecule has 0 bridgehead atoms. The summed E-state index contributed by atoms with van der Waals surface area (Å²) in [4.78, 5) is 16.8. The second-order valence-electron chi connectivity index (χ2n) is 6.68. The molecule has 26 heavy (non-hydrogen) atoms. The summed E-state index contributed by atoms with van der Waals surface area (Å²) in [5, 5.41) is 5.88. The highest BCUT2D eigenvalue weighted by molar-refractivity contribution is 6.31. The highest BCUT2D eigenvalue weighted by atomic mass is 19.1. The largest absolute Gasteiger partial charge is 0.369 e. The molecule has 0 aromatic heterocycles. The van der Waals surface area contributed by atoms with Crippen molar-refractivity contribution in [3.8, 4) is 0 Å². The molecule has 2 heterocycles. The van der Waals surface area contributed by atoms with Crippen LogP contribution in [0.3, 0.4) is 0 Å². The molecule has 5 nitrogen and oxygen atoms in total. The highest BCUT2D eigenvalue weighted by Crippen LogP contribution is 2.32. The van der Waals surface area contributed by atoms with Crippen LogP contribution in [0.25, 0.3) is 5.57 Å². The number of carbonyl (C=O) groups excluding carboxylic acids is 1. The van der Waals surface area contributed by atoms with Crippen molar-refractivity contribution in [2.75, 3.05) is 48.8 Å². The molecule has 0 aliphatic carbocycles. The summed E-state index contributed by atoms with van der Waals surface area (Å²) in [7, 11) is 2.14. The fourth-order valence-electron chi connectivity index (χ4n) is 3.29. The van der Waals surface area contributed by atoms with E-state index >= 15 is 0 Å². The van der Waals surface area contributed by atoms with Gasteiger partial charge < -0.3 is 20.4 Å². The SMILES string of the molecule is CN1CCN(c2ccc(NC=C3C(=O)Nc4ccc(F)cc43)cc2)CC1. The Morgan fingerprint density at radius 1 is 1.08 bits per heavy atom. The van der Waals surface area contributed by atoms with Gasteiger partial charge in [-0.1, -0.05) is 0 Å². The molecule has 2 aromatic carbocycles. The zero-order valence-corrected chi connectivity index (χ0v) is 14.6. The van der Waals surface area contributed by atoms with Gasteiger partial charge in [0.15, 0.2) is 0 Å². The summed E-state index contributed by atoms with van der Waals surface area (Å²) in [6.07, 6.45) is 1.63. The molecule has 0 radical (unpaired) electrons. The van der Waals surface area contributed by atoms with Crippen LogP contribution in [0.2, 0.25) is 0 Å². The molecule has 2 aromatic rings. The van der Waals surface area contributed by atoms with Gasteiger partial charge in [0.25, 0.3) is 5.91 Å². The lowest BCUT2D eigenvalue weighted by Gasteiger charge is -2.34. The van der Waals surface area contributed by atoms with Crippen molar-refractivity contribution in [2.24, 2.45) is 0 Å². The standard InChI is InChI=1S/C20H21FN4O/c1-24-8-10-25(11-9-24)16-5-3-15(4-6-16)22-13-18-17-12-14(21)2-7-19(17)23-20(18)26/h2-7,12-13,22H,8-11H2,1H3,(H,23,26). The Bertz CT molecular complexity index is 855. The van der Waals surface area contributed by atoms with E-state index in [0.717, 1.165) is 31.9 Å². The molecule has 4 rings (SSSR count). The molecule has 1 fully saturated rings. The number of amides is 1. The lowest BCUT2D eigenvalue weighted by atomic mass is 10.1. The van der Waals surface area contributed by atoms with Crippen molar-refractivity contribution in [3.05, 3.63) is 60.0 Å². The van der Waals surface area contributed by atoms with Crippen LogP contribution in [-0.2, 0) is 4.79 Å². The van der Waals surface area contributed by atoms with Crippen molar-refractivity contribution >= 4 is 28.5 Å². The topological polar surface area (TPSA) is 47.6 Å². The molecule has 0 spiro atoms. The zero-order valence-electron chi connectivity index (χ0n) is 14.6. The molecule has 6 heteroatoms. The number of anilines is 3. The maximum Gasteiger partial charge on any atom is 0.257 e. The number of likely N-dealkylation sites (N-methyl/N-ethyl adjacent to an activating group) is 1. The highest BCUT2D eigenvalue weighted by Gasteiger charge is 2.24. The summed E-state index contributed by atoms with van der Waals surface area (Å²) in [5.41, 5.74) is 3.73. The van der Waals surface area contributed by atoms with E-state index in [0.29, 0.717) is 16.8 Å². The van der Waals surface area contributed by atoms with Gasteiger partial charge in [-0.3, -0.25) is 4.79 Å². The zero-order chi connectivity index (χ0) is 18.1. The van der Waals surface area contributed by atoms with Crippen molar-refractivity contribution in [1.29, 1.82) is 0 Å². The second-order valence-corrected chi connectivity index (χ2v) is 6.68. The quantitative estimate of drug-likeness (QED) is 0.834. The first-order valence-corrected chi connectivity index (χ1v) is 8.72. The van der Waals surface area contributed by atoms with Gasteiger partial charge in [-0.25, -0.2) is 4.39 Å². The maximum atomic E-state index is 13.5. The van der Waals surface area contributed by atoms with E-state index in [2.05, 4.69) is 39.6 Å². The monoisotopic (exact) mass is 352 g/mol. The fourth-order valence-corrected chi connectivity index (χ4v) is 3.29. The van der Waals surface area contributed by atoms with Crippen molar-refractivity contribution in [2.45, 2.75) is 0 Å². The van der Waals surface area contributed by atoms with Gasteiger partial charge in [-0.05, 0) is 49.5 Å². The Hall–Kier alpha value is -2.86. The Morgan fingerprint density at radius 2 is 1.81 bits per heavy atom. The van der Waals surface area contributed by atoms with Crippen LogP contribution in [0, 0.1) is 5.82 Å². The van der Waals surface area contributed by atoms with E-state index in [1.54, 1.807) is 12.3 Å². The van der Waals surface area contributed by atoms with Gasteiger partial charge >= 0.3 is 0 Å². The third kappa shape index (κ3) is 3.28. The minimum absolute atomic E-state index is 0.229. The van der Waals surface area contributed by atoms with Crippen LogP contribution >= 0.6 is 0 Å². The Labute approximate surface area is 152 Å². The first-order chi connectivity index (χ1) is 12.6. The molecular formula is C20H21FN4O. The number of nitrogens with one attached hydrogen (secondary N) is 2. The molecule has 1 amide bonds. The Morgan fingerprint density at radius 3 is 2.54 bits per heavy atom. The number of piperazine rings is 1. The number of nitrogens with zero attached hydrogens (tertiary/aromatic N) is 2. The summed E-state index contributed by atoms with van der Waals surface area (Å²) < 4.78 is 13.5. The number of hydrogen-bond donors (Lipinski definition) is 2. The van der Waals surface area contributed by atoms with Gasteiger partial charge in [0, 0.05) is 55.0 Å². The number of carbonyl (C=O) groups is 1. The summed E-state index contributed by atoms with van der Waals surface area (Å²) in [5.74, 6) is -0.588. The predicted molar refractivity (Wildman–Crippen MR) is 103 cm³/mol. The number of rotatable bonds is 3. The molecule has 0 atom stereocenters. The first kappa shape index (κ1) is 16.6. The molecule has 2 N–H and O–H groups in total. The number of benzene rings is 2. The molecule has 0 unspecified atom stereocenters. The van der Waals surface area contributed by atoms with E-state index < -0.39 is 0 Å². The van der Waals surface area contributed by atoms with E-state index in [4.69, 9.17) is 0 Å². The summed E-state index contributed by atoms with van der Waals surface area (Å²) >= 11 is 0. The summed E-state index contributed by atoms with van der Waals surface area (Å²) in [6, 6.07) is 12.4. The summed E-state index contributed by atoms with van der Waals surface area (Å²) in [6.45, 7) is 4.18. The number of hydrogen-bond acceptors (Lipinski definition) is 4. The normalized spacial score (nSPS) is 18.8. The number of halogens is 1. The average molecular weight is 352 g/mol. The number of fused-ring (bicyclic) bond motifs is 1. The molecule has 1 saturated heterocycles. The van der Waals surface area contributed by atoms with Gasteiger partial charge in [-0.15, -0.1) is 0 Å². The lowest BCUT2D eigenvalue weighted by molar-refractivity contribution is -0.110. The molecule has 0 saturated carbocycles. The molecule has 2 aliphatic heterocycles. The van der Waals surface area contributed by atoms with Gasteiger partial charge in [0.05, 0.1) is 5.57 Å². The Balaban J connectivity index is 1.48. The van der Waals surface area contributed by atoms with Crippen molar-refractivity contribution in [1.82, 2.24) is 4.90 Å². The van der Waals surface area contributed by atoms with E-state index in [9.17, 15) is 9.18 Å².